The molecule has 0 bridgehead atoms. The molecule has 0 saturated carbocycles. The van der Waals surface area contributed by atoms with Gasteiger partial charge in [-0.3, -0.25) is 4.79 Å². The van der Waals surface area contributed by atoms with Crippen LogP contribution in [0.25, 0.3) is 0 Å². The third-order valence-electron chi connectivity index (χ3n) is 1.36. The van der Waals surface area contributed by atoms with Crippen molar-refractivity contribution in [3.05, 3.63) is 29.8 Å². The highest BCUT2D eigenvalue weighted by atomic mass is 35.5. The van der Waals surface area contributed by atoms with E-state index >= 15 is 0 Å². The Morgan fingerprint density at radius 3 is 2.50 bits per heavy atom. The minimum absolute atomic E-state index is 0.0134. The molecule has 0 atom stereocenters. The highest BCUT2D eigenvalue weighted by Crippen LogP contribution is 2.19. The molecule has 1 rings (SSSR count). The molecule has 1 aromatic rings. The van der Waals surface area contributed by atoms with Crippen LogP contribution in [-0.4, -0.2) is 11.0 Å². The van der Waals surface area contributed by atoms with E-state index in [1.807, 2.05) is 31.2 Å². The van der Waals surface area contributed by atoms with E-state index in [9.17, 15) is 4.79 Å². The van der Waals surface area contributed by atoms with E-state index in [-0.39, 0.29) is 11.0 Å². The Bertz CT molecular complexity index is 268. The van der Waals surface area contributed by atoms with Crippen LogP contribution in [-0.2, 0) is 4.79 Å². The van der Waals surface area contributed by atoms with Crippen LogP contribution in [0.4, 0.5) is 0 Å². The van der Waals surface area contributed by atoms with E-state index < -0.39 is 0 Å². The molecule has 3 heteroatoms. The van der Waals surface area contributed by atoms with E-state index in [0.29, 0.717) is 0 Å². The maximum atomic E-state index is 10.9. The molecule has 64 valence electrons. The summed E-state index contributed by atoms with van der Waals surface area (Å²) in [7, 11) is 0. The number of carbonyl (C=O) groups is 1. The van der Waals surface area contributed by atoms with Gasteiger partial charge < -0.3 is 0 Å². The molecule has 0 aromatic heterocycles. The predicted molar refractivity (Wildman–Crippen MR) is 52.8 cm³/mol. The van der Waals surface area contributed by atoms with Gasteiger partial charge in [-0.15, -0.1) is 11.6 Å². The van der Waals surface area contributed by atoms with Crippen LogP contribution in [0.5, 0.6) is 0 Å². The van der Waals surface area contributed by atoms with Gasteiger partial charge in [-0.2, -0.15) is 0 Å². The molecule has 0 aliphatic carbocycles. The molecule has 1 nitrogen and oxygen atoms in total. The summed E-state index contributed by atoms with van der Waals surface area (Å²) in [4.78, 5) is 11.8. The molecule has 0 radical (unpaired) electrons. The smallest absolute Gasteiger partial charge is 0.208 e. The molecular weight excluding hydrogens is 192 g/mol. The van der Waals surface area contributed by atoms with Gasteiger partial charge in [0.1, 0.15) is 0 Å². The zero-order chi connectivity index (χ0) is 8.97. The summed E-state index contributed by atoms with van der Waals surface area (Å²) in [5, 5.41) is -0.0134. The van der Waals surface area contributed by atoms with Crippen LogP contribution < -0.4 is 0 Å². The van der Waals surface area contributed by atoms with Crippen LogP contribution in [0.1, 0.15) is 5.56 Å². The van der Waals surface area contributed by atoms with Crippen molar-refractivity contribution in [2.45, 2.75) is 11.8 Å². The number of hydrogen-bond acceptors (Lipinski definition) is 2. The normalized spacial score (nSPS) is 9.83. The fourth-order valence-electron chi connectivity index (χ4n) is 0.765. The average molecular weight is 201 g/mol. The number of rotatable bonds is 2. The quantitative estimate of drug-likeness (QED) is 0.540. The standard InChI is InChI=1S/C9H9ClOS/c1-7-2-4-8(5-3-7)12-9(11)6-10/h2-5H,6H2,1H3. The summed E-state index contributed by atoms with van der Waals surface area (Å²) < 4.78 is 0. The van der Waals surface area contributed by atoms with E-state index in [0.717, 1.165) is 4.90 Å². The van der Waals surface area contributed by atoms with E-state index in [1.54, 1.807) is 0 Å². The summed E-state index contributed by atoms with van der Waals surface area (Å²) in [6.07, 6.45) is 0. The molecule has 0 saturated heterocycles. The highest BCUT2D eigenvalue weighted by Gasteiger charge is 2.01. The zero-order valence-electron chi connectivity index (χ0n) is 6.71. The van der Waals surface area contributed by atoms with Crippen molar-refractivity contribution >= 4 is 28.5 Å². The lowest BCUT2D eigenvalue weighted by molar-refractivity contribution is -0.108. The maximum absolute atomic E-state index is 10.9. The lowest BCUT2D eigenvalue weighted by atomic mass is 10.2. The molecule has 12 heavy (non-hydrogen) atoms. The molecule has 0 aliphatic heterocycles. The number of halogens is 1. The van der Waals surface area contributed by atoms with Crippen LogP contribution in [0.15, 0.2) is 29.2 Å². The van der Waals surface area contributed by atoms with Gasteiger partial charge in [-0.25, -0.2) is 0 Å². The Kier molecular flexibility index (Phi) is 3.63. The topological polar surface area (TPSA) is 17.1 Å². The Morgan fingerprint density at radius 2 is 2.00 bits per heavy atom. The molecule has 0 N–H and O–H groups in total. The maximum Gasteiger partial charge on any atom is 0.208 e. The Morgan fingerprint density at radius 1 is 1.42 bits per heavy atom. The highest BCUT2D eigenvalue weighted by molar-refractivity contribution is 8.13. The monoisotopic (exact) mass is 200 g/mol. The Labute approximate surface area is 81.1 Å². The number of thioether (sulfide) groups is 1. The molecule has 0 amide bonds. The molecule has 1 aromatic carbocycles. The van der Waals surface area contributed by atoms with Crippen LogP contribution in [0, 0.1) is 6.92 Å². The van der Waals surface area contributed by atoms with Gasteiger partial charge in [-0.1, -0.05) is 29.5 Å². The first-order valence-electron chi connectivity index (χ1n) is 3.55. The fourth-order valence-corrected chi connectivity index (χ4v) is 1.52. The van der Waals surface area contributed by atoms with E-state index in [2.05, 4.69) is 0 Å². The largest absolute Gasteiger partial charge is 0.285 e. The van der Waals surface area contributed by atoms with Crippen molar-refractivity contribution in [3.63, 3.8) is 0 Å². The summed E-state index contributed by atoms with van der Waals surface area (Å²) in [6, 6.07) is 7.79. The second kappa shape index (κ2) is 4.53. The van der Waals surface area contributed by atoms with Gasteiger partial charge in [0.2, 0.25) is 5.12 Å². The van der Waals surface area contributed by atoms with Gasteiger partial charge in [-0.05, 0) is 19.1 Å². The van der Waals surface area contributed by atoms with Crippen molar-refractivity contribution in [2.24, 2.45) is 0 Å². The van der Waals surface area contributed by atoms with Crippen LogP contribution >= 0.6 is 23.4 Å². The molecule has 0 heterocycles. The SMILES string of the molecule is Cc1ccc(SC(=O)CCl)cc1. The lowest BCUT2D eigenvalue weighted by Crippen LogP contribution is -1.90. The van der Waals surface area contributed by atoms with Gasteiger partial charge in [0, 0.05) is 4.90 Å². The molecule has 0 fully saturated rings. The van der Waals surface area contributed by atoms with Crippen molar-refractivity contribution in [1.82, 2.24) is 0 Å². The summed E-state index contributed by atoms with van der Waals surface area (Å²) in [5.41, 5.74) is 1.19. The predicted octanol–water partition coefficient (Wildman–Crippen LogP) is 2.85. The van der Waals surface area contributed by atoms with Gasteiger partial charge >= 0.3 is 0 Å². The average Bonchev–Trinajstić information content (AvgIpc) is 2.09. The lowest BCUT2D eigenvalue weighted by Gasteiger charge is -1.97. The number of benzene rings is 1. The Hall–Kier alpha value is -0.470. The summed E-state index contributed by atoms with van der Waals surface area (Å²) in [6.45, 7) is 2.01. The van der Waals surface area contributed by atoms with E-state index in [4.69, 9.17) is 11.6 Å². The first-order chi connectivity index (χ1) is 5.72. The zero-order valence-corrected chi connectivity index (χ0v) is 8.28. The molecule has 0 unspecified atom stereocenters. The Balaban J connectivity index is 2.64. The fraction of sp³-hybridized carbons (Fsp3) is 0.222. The first-order valence-corrected chi connectivity index (χ1v) is 4.91. The summed E-state index contributed by atoms with van der Waals surface area (Å²) >= 11 is 6.54. The number of carbonyl (C=O) groups excluding carboxylic acids is 1. The molecule has 0 aliphatic rings. The van der Waals surface area contributed by atoms with Crippen molar-refractivity contribution in [2.75, 3.05) is 5.88 Å². The third-order valence-corrected chi connectivity index (χ3v) is 2.64. The number of hydrogen-bond donors (Lipinski definition) is 0. The second-order valence-corrected chi connectivity index (χ2v) is 3.82. The molecule has 0 spiro atoms. The van der Waals surface area contributed by atoms with Crippen LogP contribution in [0.2, 0.25) is 0 Å². The van der Waals surface area contributed by atoms with Crippen molar-refractivity contribution in [3.8, 4) is 0 Å². The van der Waals surface area contributed by atoms with Crippen LogP contribution in [0.3, 0.4) is 0 Å². The van der Waals surface area contributed by atoms with E-state index in [1.165, 1.54) is 17.3 Å². The second-order valence-electron chi connectivity index (χ2n) is 2.42. The minimum Gasteiger partial charge on any atom is -0.285 e. The van der Waals surface area contributed by atoms with Crippen molar-refractivity contribution in [1.29, 1.82) is 0 Å². The number of aryl methyl sites for hydroxylation is 1. The minimum atomic E-state index is -0.0134. The molecular formula is C9H9ClOS. The third kappa shape index (κ3) is 2.88. The van der Waals surface area contributed by atoms with Crippen molar-refractivity contribution < 1.29 is 4.79 Å². The van der Waals surface area contributed by atoms with Gasteiger partial charge in [0.25, 0.3) is 0 Å². The van der Waals surface area contributed by atoms with Gasteiger partial charge in [0.05, 0.1) is 5.88 Å². The number of alkyl halides is 1. The summed E-state index contributed by atoms with van der Waals surface area (Å²) in [5.74, 6) is 0.0680. The van der Waals surface area contributed by atoms with Gasteiger partial charge in [0.15, 0.2) is 0 Å². The first kappa shape index (κ1) is 9.62.